The van der Waals surface area contributed by atoms with Crippen LogP contribution in [0.15, 0.2) is 48.5 Å². The van der Waals surface area contributed by atoms with Crippen LogP contribution < -0.4 is 5.32 Å². The summed E-state index contributed by atoms with van der Waals surface area (Å²) in [6, 6.07) is 15.8. The molecule has 0 saturated carbocycles. The molecule has 0 bridgehead atoms. The smallest absolute Gasteiger partial charge is 0.124 e. The van der Waals surface area contributed by atoms with Gasteiger partial charge in [0.25, 0.3) is 0 Å². The van der Waals surface area contributed by atoms with Gasteiger partial charge >= 0.3 is 0 Å². The summed E-state index contributed by atoms with van der Waals surface area (Å²) in [5.74, 6) is -0.170. The zero-order valence-electron chi connectivity index (χ0n) is 11.6. The van der Waals surface area contributed by atoms with Gasteiger partial charge in [0.1, 0.15) is 5.82 Å². The summed E-state index contributed by atoms with van der Waals surface area (Å²) in [6.45, 7) is 3.01. The third-order valence-corrected chi connectivity index (χ3v) is 4.29. The Bertz CT molecular complexity index is 542. The van der Waals surface area contributed by atoms with Gasteiger partial charge in [0, 0.05) is 9.61 Å². The first-order valence-corrected chi connectivity index (χ1v) is 8.01. The van der Waals surface area contributed by atoms with Crippen molar-refractivity contribution >= 4 is 22.6 Å². The molecule has 2 aromatic rings. The van der Waals surface area contributed by atoms with Crippen LogP contribution in [0.5, 0.6) is 0 Å². The van der Waals surface area contributed by atoms with E-state index in [1.165, 1.54) is 11.1 Å². The zero-order valence-corrected chi connectivity index (χ0v) is 13.7. The average Bonchev–Trinajstić information content (AvgIpc) is 2.45. The number of rotatable bonds is 6. The third kappa shape index (κ3) is 4.28. The van der Waals surface area contributed by atoms with Crippen LogP contribution in [-0.4, -0.2) is 6.54 Å². The lowest BCUT2D eigenvalue weighted by Crippen LogP contribution is -2.22. The molecule has 0 saturated heterocycles. The molecule has 3 heteroatoms. The van der Waals surface area contributed by atoms with E-state index in [9.17, 15) is 4.39 Å². The molecule has 0 aromatic heterocycles. The van der Waals surface area contributed by atoms with Crippen molar-refractivity contribution in [3.63, 3.8) is 0 Å². The van der Waals surface area contributed by atoms with Gasteiger partial charge < -0.3 is 5.32 Å². The van der Waals surface area contributed by atoms with E-state index in [4.69, 9.17) is 0 Å². The maximum atomic E-state index is 13.2. The number of benzene rings is 2. The van der Waals surface area contributed by atoms with Crippen LogP contribution in [0.3, 0.4) is 0 Å². The molecular weight excluding hydrogens is 364 g/mol. The first-order valence-electron chi connectivity index (χ1n) is 6.93. The summed E-state index contributed by atoms with van der Waals surface area (Å²) in [7, 11) is 0. The van der Waals surface area contributed by atoms with Gasteiger partial charge in [0.2, 0.25) is 0 Å². The lowest BCUT2D eigenvalue weighted by molar-refractivity contribution is 0.512. The van der Waals surface area contributed by atoms with Crippen molar-refractivity contribution in [1.29, 1.82) is 0 Å². The third-order valence-electron chi connectivity index (χ3n) is 3.35. The van der Waals surface area contributed by atoms with Gasteiger partial charge in [0.05, 0.1) is 0 Å². The van der Waals surface area contributed by atoms with E-state index >= 15 is 0 Å². The fourth-order valence-electron chi connectivity index (χ4n) is 2.35. The molecule has 0 aliphatic heterocycles. The van der Waals surface area contributed by atoms with E-state index in [1.54, 1.807) is 12.1 Å². The fraction of sp³-hybridized carbons (Fsp3) is 0.294. The minimum absolute atomic E-state index is 0.170. The second-order valence-electron chi connectivity index (χ2n) is 4.80. The molecule has 0 spiro atoms. The van der Waals surface area contributed by atoms with Crippen LogP contribution >= 0.6 is 22.6 Å². The molecule has 1 atom stereocenters. The van der Waals surface area contributed by atoms with Crippen molar-refractivity contribution in [2.45, 2.75) is 25.8 Å². The van der Waals surface area contributed by atoms with Gasteiger partial charge in [-0.05, 0) is 65.2 Å². The van der Waals surface area contributed by atoms with E-state index in [1.807, 2.05) is 12.1 Å². The minimum Gasteiger partial charge on any atom is -0.310 e. The maximum absolute atomic E-state index is 13.2. The standard InChI is InChI=1S/C17H19FIN/c1-2-20-17(11-8-13-6-4-3-5-7-13)15-10-9-14(18)12-16(15)19/h3-7,9-10,12,17,20H,2,8,11H2,1H3. The van der Waals surface area contributed by atoms with Crippen LogP contribution in [0, 0.1) is 9.39 Å². The van der Waals surface area contributed by atoms with Crippen LogP contribution in [0.1, 0.15) is 30.5 Å². The maximum Gasteiger partial charge on any atom is 0.124 e. The normalized spacial score (nSPS) is 12.3. The Kier molecular flexibility index (Phi) is 5.98. The molecule has 2 aromatic carbocycles. The van der Waals surface area contributed by atoms with E-state index in [-0.39, 0.29) is 11.9 Å². The Balaban J connectivity index is 2.10. The molecule has 0 radical (unpaired) electrons. The molecule has 0 amide bonds. The van der Waals surface area contributed by atoms with Crippen LogP contribution in [0.4, 0.5) is 4.39 Å². The van der Waals surface area contributed by atoms with Gasteiger partial charge in [-0.15, -0.1) is 0 Å². The SMILES string of the molecule is CCNC(CCc1ccccc1)c1ccc(F)cc1I. The van der Waals surface area contributed by atoms with Crippen molar-refractivity contribution in [2.24, 2.45) is 0 Å². The molecule has 20 heavy (non-hydrogen) atoms. The minimum atomic E-state index is -0.170. The van der Waals surface area contributed by atoms with Crippen LogP contribution in [-0.2, 0) is 6.42 Å². The molecule has 1 nitrogen and oxygen atoms in total. The molecule has 106 valence electrons. The number of halogens is 2. The Hall–Kier alpha value is -0.940. The summed E-state index contributed by atoms with van der Waals surface area (Å²) in [5.41, 5.74) is 2.53. The topological polar surface area (TPSA) is 12.0 Å². The van der Waals surface area contributed by atoms with Crippen LogP contribution in [0.2, 0.25) is 0 Å². The molecule has 0 aliphatic rings. The van der Waals surface area contributed by atoms with Gasteiger partial charge in [0.15, 0.2) is 0 Å². The second kappa shape index (κ2) is 7.74. The Morgan fingerprint density at radius 2 is 1.90 bits per heavy atom. The summed E-state index contributed by atoms with van der Waals surface area (Å²) in [6.07, 6.45) is 2.03. The van der Waals surface area contributed by atoms with E-state index in [2.05, 4.69) is 59.1 Å². The highest BCUT2D eigenvalue weighted by atomic mass is 127. The molecule has 1 unspecified atom stereocenters. The molecule has 2 rings (SSSR count). The van der Waals surface area contributed by atoms with Crippen molar-refractivity contribution in [3.8, 4) is 0 Å². The highest BCUT2D eigenvalue weighted by molar-refractivity contribution is 14.1. The number of hydrogen-bond acceptors (Lipinski definition) is 1. The Morgan fingerprint density at radius 1 is 1.15 bits per heavy atom. The largest absolute Gasteiger partial charge is 0.310 e. The van der Waals surface area contributed by atoms with Gasteiger partial charge in [-0.3, -0.25) is 0 Å². The number of nitrogens with one attached hydrogen (secondary N) is 1. The average molecular weight is 383 g/mol. The van der Waals surface area contributed by atoms with Crippen molar-refractivity contribution in [1.82, 2.24) is 5.32 Å². The summed E-state index contributed by atoms with van der Waals surface area (Å²) < 4.78 is 14.2. The molecular formula is C17H19FIN. The van der Waals surface area contributed by atoms with Gasteiger partial charge in [-0.1, -0.05) is 43.3 Å². The molecule has 0 heterocycles. The monoisotopic (exact) mass is 383 g/mol. The summed E-state index contributed by atoms with van der Waals surface area (Å²) >= 11 is 2.22. The summed E-state index contributed by atoms with van der Waals surface area (Å²) in [4.78, 5) is 0. The number of aryl methyl sites for hydroxylation is 1. The first kappa shape index (κ1) is 15.4. The lowest BCUT2D eigenvalue weighted by Gasteiger charge is -2.20. The zero-order chi connectivity index (χ0) is 14.4. The Labute approximate surface area is 133 Å². The lowest BCUT2D eigenvalue weighted by atomic mass is 9.99. The quantitative estimate of drug-likeness (QED) is 0.713. The first-order chi connectivity index (χ1) is 9.70. The molecule has 1 N–H and O–H groups in total. The van der Waals surface area contributed by atoms with Crippen molar-refractivity contribution in [3.05, 3.63) is 69.0 Å². The predicted molar refractivity (Wildman–Crippen MR) is 90.3 cm³/mol. The molecule has 0 fully saturated rings. The Morgan fingerprint density at radius 3 is 2.55 bits per heavy atom. The fourth-order valence-corrected chi connectivity index (χ4v) is 3.21. The number of hydrogen-bond donors (Lipinski definition) is 1. The van der Waals surface area contributed by atoms with Gasteiger partial charge in [-0.2, -0.15) is 0 Å². The van der Waals surface area contributed by atoms with E-state index in [0.29, 0.717) is 0 Å². The predicted octanol–water partition coefficient (Wildman–Crippen LogP) is 4.71. The van der Waals surface area contributed by atoms with Gasteiger partial charge in [-0.25, -0.2) is 4.39 Å². The van der Waals surface area contributed by atoms with Crippen LogP contribution in [0.25, 0.3) is 0 Å². The summed E-state index contributed by atoms with van der Waals surface area (Å²) in [5, 5.41) is 3.50. The highest BCUT2D eigenvalue weighted by Gasteiger charge is 2.14. The van der Waals surface area contributed by atoms with E-state index in [0.717, 1.165) is 23.0 Å². The highest BCUT2D eigenvalue weighted by Crippen LogP contribution is 2.25. The van der Waals surface area contributed by atoms with Crippen molar-refractivity contribution < 1.29 is 4.39 Å². The van der Waals surface area contributed by atoms with E-state index < -0.39 is 0 Å². The second-order valence-corrected chi connectivity index (χ2v) is 5.96. The van der Waals surface area contributed by atoms with Crippen molar-refractivity contribution in [2.75, 3.05) is 6.54 Å². The molecule has 0 aliphatic carbocycles.